The van der Waals surface area contributed by atoms with Gasteiger partial charge in [-0.1, -0.05) is 18.2 Å². The molecule has 0 radical (unpaired) electrons. The molecular formula is C19H14FNOS. The van der Waals surface area contributed by atoms with E-state index in [-0.39, 0.29) is 11.6 Å². The molecule has 4 heteroatoms. The summed E-state index contributed by atoms with van der Waals surface area (Å²) in [5.41, 5.74) is 2.28. The summed E-state index contributed by atoms with van der Waals surface area (Å²) >= 11 is 1.54. The Morgan fingerprint density at radius 3 is 2.61 bits per heavy atom. The fourth-order valence-electron chi connectivity index (χ4n) is 2.27. The van der Waals surface area contributed by atoms with Gasteiger partial charge in [0.1, 0.15) is 10.8 Å². The van der Waals surface area contributed by atoms with E-state index in [0.29, 0.717) is 5.56 Å². The molecule has 0 saturated heterocycles. The van der Waals surface area contributed by atoms with Gasteiger partial charge in [0, 0.05) is 16.5 Å². The van der Waals surface area contributed by atoms with E-state index >= 15 is 0 Å². The Hall–Kier alpha value is -2.46. The molecule has 3 rings (SSSR count). The van der Waals surface area contributed by atoms with Crippen LogP contribution in [0.25, 0.3) is 17.0 Å². The maximum absolute atomic E-state index is 12.9. The molecule has 0 unspecified atom stereocenters. The minimum Gasteiger partial charge on any atom is -0.289 e. The maximum atomic E-state index is 12.9. The number of para-hydroxylation sites is 1. The topological polar surface area (TPSA) is 30.0 Å². The van der Waals surface area contributed by atoms with Crippen molar-refractivity contribution in [2.24, 2.45) is 0 Å². The molecule has 2 aromatic carbocycles. The van der Waals surface area contributed by atoms with Crippen LogP contribution >= 0.6 is 11.8 Å². The van der Waals surface area contributed by atoms with Crippen molar-refractivity contribution in [3.05, 3.63) is 77.6 Å². The average molecular weight is 323 g/mol. The van der Waals surface area contributed by atoms with Gasteiger partial charge < -0.3 is 0 Å². The van der Waals surface area contributed by atoms with Crippen LogP contribution in [0, 0.1) is 5.82 Å². The van der Waals surface area contributed by atoms with Crippen LogP contribution in [0.1, 0.15) is 15.9 Å². The van der Waals surface area contributed by atoms with Gasteiger partial charge >= 0.3 is 0 Å². The standard InChI is InChI=1S/C19H14FNOS/c1-23-19-15(12-14-4-2-3-5-17(14)21-19)8-11-18(22)13-6-9-16(20)10-7-13/h2-12H,1H3. The third-order valence-corrected chi connectivity index (χ3v) is 4.17. The summed E-state index contributed by atoms with van der Waals surface area (Å²) in [6.07, 6.45) is 5.21. The number of thioether (sulfide) groups is 1. The summed E-state index contributed by atoms with van der Waals surface area (Å²) in [5, 5.41) is 1.89. The van der Waals surface area contributed by atoms with Crippen molar-refractivity contribution in [2.45, 2.75) is 5.03 Å². The lowest BCUT2D eigenvalue weighted by molar-refractivity contribution is 0.104. The highest BCUT2D eigenvalue weighted by atomic mass is 32.2. The molecule has 0 fully saturated rings. The highest BCUT2D eigenvalue weighted by Crippen LogP contribution is 2.24. The lowest BCUT2D eigenvalue weighted by Crippen LogP contribution is -1.94. The smallest absolute Gasteiger partial charge is 0.185 e. The molecule has 2 nitrogen and oxygen atoms in total. The zero-order valence-corrected chi connectivity index (χ0v) is 13.3. The van der Waals surface area contributed by atoms with Crippen LogP contribution in [0.2, 0.25) is 0 Å². The van der Waals surface area contributed by atoms with E-state index < -0.39 is 0 Å². The number of hydrogen-bond acceptors (Lipinski definition) is 3. The molecule has 0 bridgehead atoms. The second-order valence-electron chi connectivity index (χ2n) is 4.98. The van der Waals surface area contributed by atoms with Gasteiger partial charge in [0.25, 0.3) is 0 Å². The largest absolute Gasteiger partial charge is 0.289 e. The number of rotatable bonds is 4. The van der Waals surface area contributed by atoms with Gasteiger partial charge in [-0.3, -0.25) is 4.79 Å². The number of carbonyl (C=O) groups excluding carboxylic acids is 1. The molecule has 0 atom stereocenters. The predicted octanol–water partition coefficient (Wildman–Crippen LogP) is 4.99. The van der Waals surface area contributed by atoms with Gasteiger partial charge in [0.15, 0.2) is 5.78 Å². The predicted molar refractivity (Wildman–Crippen MR) is 93.3 cm³/mol. The SMILES string of the molecule is CSc1nc2ccccc2cc1C=CC(=O)c1ccc(F)cc1. The van der Waals surface area contributed by atoms with Crippen LogP contribution in [0.3, 0.4) is 0 Å². The van der Waals surface area contributed by atoms with E-state index in [2.05, 4.69) is 4.98 Å². The summed E-state index contributed by atoms with van der Waals surface area (Å²) in [7, 11) is 0. The molecule has 0 amide bonds. The number of pyridine rings is 1. The maximum Gasteiger partial charge on any atom is 0.185 e. The molecule has 1 aromatic heterocycles. The van der Waals surface area contributed by atoms with Crippen LogP contribution < -0.4 is 0 Å². The normalized spacial score (nSPS) is 11.2. The van der Waals surface area contributed by atoms with Crippen LogP contribution in [0.15, 0.2) is 65.7 Å². The lowest BCUT2D eigenvalue weighted by Gasteiger charge is -2.05. The molecule has 0 N–H and O–H groups in total. The average Bonchev–Trinajstić information content (AvgIpc) is 2.59. The minimum absolute atomic E-state index is 0.162. The molecule has 0 saturated carbocycles. The lowest BCUT2D eigenvalue weighted by atomic mass is 10.1. The molecule has 3 aromatic rings. The van der Waals surface area contributed by atoms with E-state index in [0.717, 1.165) is 21.5 Å². The molecule has 0 spiro atoms. The molecular weight excluding hydrogens is 309 g/mol. The number of nitrogens with zero attached hydrogens (tertiary/aromatic N) is 1. The van der Waals surface area contributed by atoms with Crippen molar-refractivity contribution in [1.29, 1.82) is 0 Å². The fraction of sp³-hybridized carbons (Fsp3) is 0.0526. The zero-order chi connectivity index (χ0) is 16.2. The quantitative estimate of drug-likeness (QED) is 0.385. The third-order valence-electron chi connectivity index (χ3n) is 3.45. The van der Waals surface area contributed by atoms with Crippen molar-refractivity contribution < 1.29 is 9.18 Å². The summed E-state index contributed by atoms with van der Waals surface area (Å²) < 4.78 is 12.9. The van der Waals surface area contributed by atoms with Gasteiger partial charge in [-0.05, 0) is 54.8 Å². The number of ketones is 1. The molecule has 0 aliphatic heterocycles. The summed E-state index contributed by atoms with van der Waals surface area (Å²) in [6.45, 7) is 0. The van der Waals surface area contributed by atoms with Crippen LogP contribution in [0.4, 0.5) is 4.39 Å². The first kappa shape index (κ1) is 15.4. The third kappa shape index (κ3) is 3.48. The van der Waals surface area contributed by atoms with Crippen molar-refractivity contribution in [1.82, 2.24) is 4.98 Å². The summed E-state index contributed by atoms with van der Waals surface area (Å²) in [6, 6.07) is 15.4. The van der Waals surface area contributed by atoms with Crippen molar-refractivity contribution in [3.63, 3.8) is 0 Å². The van der Waals surface area contributed by atoms with Crippen molar-refractivity contribution in [3.8, 4) is 0 Å². The van der Waals surface area contributed by atoms with Crippen LogP contribution in [0.5, 0.6) is 0 Å². The first-order valence-corrected chi connectivity index (χ1v) is 8.31. The number of benzene rings is 2. The first-order valence-electron chi connectivity index (χ1n) is 7.09. The van der Waals surface area contributed by atoms with Crippen LogP contribution in [-0.4, -0.2) is 17.0 Å². The Labute approximate surface area is 138 Å². The fourth-order valence-corrected chi connectivity index (χ4v) is 2.83. The number of hydrogen-bond donors (Lipinski definition) is 0. The number of allylic oxidation sites excluding steroid dienone is 1. The minimum atomic E-state index is -0.353. The number of fused-ring (bicyclic) bond motifs is 1. The Morgan fingerprint density at radius 1 is 1.13 bits per heavy atom. The van der Waals surface area contributed by atoms with Crippen LogP contribution in [-0.2, 0) is 0 Å². The van der Waals surface area contributed by atoms with Gasteiger partial charge in [-0.25, -0.2) is 9.37 Å². The van der Waals surface area contributed by atoms with E-state index in [9.17, 15) is 9.18 Å². The summed E-state index contributed by atoms with van der Waals surface area (Å²) in [4.78, 5) is 16.8. The molecule has 114 valence electrons. The Kier molecular flexibility index (Phi) is 4.53. The van der Waals surface area contributed by atoms with Gasteiger partial charge in [0.2, 0.25) is 0 Å². The Bertz CT molecular complexity index is 888. The second-order valence-corrected chi connectivity index (χ2v) is 5.78. The van der Waals surface area contributed by atoms with Crippen molar-refractivity contribution in [2.75, 3.05) is 6.26 Å². The Balaban J connectivity index is 1.93. The molecule has 23 heavy (non-hydrogen) atoms. The molecule has 1 heterocycles. The van der Waals surface area contributed by atoms with E-state index in [1.165, 1.54) is 42.1 Å². The first-order chi connectivity index (χ1) is 11.2. The highest BCUT2D eigenvalue weighted by Gasteiger charge is 2.06. The van der Waals surface area contributed by atoms with Gasteiger partial charge in [-0.15, -0.1) is 11.8 Å². The number of aromatic nitrogens is 1. The van der Waals surface area contributed by atoms with E-state index in [4.69, 9.17) is 0 Å². The van der Waals surface area contributed by atoms with E-state index in [1.54, 1.807) is 6.08 Å². The van der Waals surface area contributed by atoms with Gasteiger partial charge in [0.05, 0.1) is 5.52 Å². The van der Waals surface area contributed by atoms with Crippen molar-refractivity contribution >= 4 is 34.5 Å². The number of halogens is 1. The Morgan fingerprint density at radius 2 is 1.87 bits per heavy atom. The number of carbonyl (C=O) groups is 1. The molecule has 0 aliphatic carbocycles. The monoisotopic (exact) mass is 323 g/mol. The summed E-state index contributed by atoms with van der Waals surface area (Å²) in [5.74, 6) is -0.515. The second kappa shape index (κ2) is 6.75. The van der Waals surface area contributed by atoms with E-state index in [1.807, 2.05) is 36.6 Å². The van der Waals surface area contributed by atoms with Gasteiger partial charge in [-0.2, -0.15) is 0 Å². The molecule has 0 aliphatic rings. The zero-order valence-electron chi connectivity index (χ0n) is 12.5. The highest BCUT2D eigenvalue weighted by molar-refractivity contribution is 7.98.